The molecule has 0 aliphatic heterocycles. The smallest absolute Gasteiger partial charge is 0.331 e. The van der Waals surface area contributed by atoms with Crippen LogP contribution in [-0.4, -0.2) is 29.4 Å². The molecule has 2 amide bonds. The van der Waals surface area contributed by atoms with Crippen LogP contribution in [-0.2, 0) is 17.9 Å². The zero-order valence-corrected chi connectivity index (χ0v) is 14.7. The van der Waals surface area contributed by atoms with E-state index in [4.69, 9.17) is 5.73 Å². The summed E-state index contributed by atoms with van der Waals surface area (Å²) in [5.74, 6) is -2.24. The lowest BCUT2D eigenvalue weighted by Crippen LogP contribution is -2.40. The second kappa shape index (κ2) is 8.68. The molecule has 0 fully saturated rings. The Morgan fingerprint density at radius 1 is 1.07 bits per heavy atom. The maximum atomic E-state index is 12.6. The summed E-state index contributed by atoms with van der Waals surface area (Å²) >= 11 is 0. The lowest BCUT2D eigenvalue weighted by molar-refractivity contribution is -0.185. The van der Waals surface area contributed by atoms with Crippen LogP contribution < -0.4 is 11.1 Å². The van der Waals surface area contributed by atoms with Gasteiger partial charge in [-0.1, -0.05) is 24.3 Å². The summed E-state index contributed by atoms with van der Waals surface area (Å²) in [6.45, 7) is 1.56. The van der Waals surface area contributed by atoms with Gasteiger partial charge in [-0.2, -0.15) is 13.2 Å². The number of hydrogen-bond donors (Lipinski definition) is 2. The number of benzene rings is 2. The van der Waals surface area contributed by atoms with Crippen molar-refractivity contribution < 1.29 is 22.8 Å². The SMILES string of the molecule is CCN(Cc1cccc(NC(=O)c2ccc(CN)cc2)c1)C(=O)C(F)(F)F. The summed E-state index contributed by atoms with van der Waals surface area (Å²) in [4.78, 5) is 24.4. The second-order valence-electron chi connectivity index (χ2n) is 5.87. The fraction of sp³-hybridized carbons (Fsp3) is 0.263. The number of nitrogens with two attached hydrogens (primary N) is 1. The third-order valence-electron chi connectivity index (χ3n) is 3.92. The number of rotatable bonds is 6. The summed E-state index contributed by atoms with van der Waals surface area (Å²) in [5, 5.41) is 2.69. The van der Waals surface area contributed by atoms with Crippen LogP contribution in [0.25, 0.3) is 0 Å². The van der Waals surface area contributed by atoms with Gasteiger partial charge in [0.1, 0.15) is 0 Å². The molecular weight excluding hydrogens is 359 g/mol. The molecular formula is C19H20F3N3O2. The van der Waals surface area contributed by atoms with Gasteiger partial charge in [-0.05, 0) is 42.3 Å². The van der Waals surface area contributed by atoms with Gasteiger partial charge >= 0.3 is 12.1 Å². The van der Waals surface area contributed by atoms with Gasteiger partial charge in [0.25, 0.3) is 5.91 Å². The van der Waals surface area contributed by atoms with E-state index < -0.39 is 12.1 Å². The minimum Gasteiger partial charge on any atom is -0.331 e. The number of nitrogens with zero attached hydrogens (tertiary/aromatic N) is 1. The Kier molecular flexibility index (Phi) is 6.57. The van der Waals surface area contributed by atoms with Crippen molar-refractivity contribution >= 4 is 17.5 Å². The van der Waals surface area contributed by atoms with Crippen LogP contribution in [0, 0.1) is 0 Å². The molecule has 5 nitrogen and oxygen atoms in total. The lowest BCUT2D eigenvalue weighted by Gasteiger charge is -2.22. The lowest BCUT2D eigenvalue weighted by atomic mass is 10.1. The third-order valence-corrected chi connectivity index (χ3v) is 3.92. The van der Waals surface area contributed by atoms with Crippen molar-refractivity contribution in [1.29, 1.82) is 0 Å². The van der Waals surface area contributed by atoms with Crippen LogP contribution in [0.2, 0.25) is 0 Å². The van der Waals surface area contributed by atoms with Crippen LogP contribution in [0.1, 0.15) is 28.4 Å². The molecule has 8 heteroatoms. The van der Waals surface area contributed by atoms with Crippen molar-refractivity contribution in [3.63, 3.8) is 0 Å². The van der Waals surface area contributed by atoms with Crippen molar-refractivity contribution in [3.8, 4) is 0 Å². The quantitative estimate of drug-likeness (QED) is 0.809. The minimum absolute atomic E-state index is 0.0809. The first kappa shape index (κ1) is 20.4. The topological polar surface area (TPSA) is 75.4 Å². The zero-order valence-electron chi connectivity index (χ0n) is 14.7. The van der Waals surface area contributed by atoms with Gasteiger partial charge in [0.2, 0.25) is 0 Å². The Hall–Kier alpha value is -2.87. The molecule has 27 heavy (non-hydrogen) atoms. The summed E-state index contributed by atoms with van der Waals surface area (Å²) in [6.07, 6.45) is -4.92. The highest BCUT2D eigenvalue weighted by Crippen LogP contribution is 2.21. The summed E-state index contributed by atoms with van der Waals surface area (Å²) in [6, 6.07) is 13.1. The molecule has 0 saturated carbocycles. The normalized spacial score (nSPS) is 11.1. The largest absolute Gasteiger partial charge is 0.471 e. The predicted molar refractivity (Wildman–Crippen MR) is 95.9 cm³/mol. The number of amides is 2. The molecule has 0 bridgehead atoms. The molecule has 2 aromatic rings. The van der Waals surface area contributed by atoms with Gasteiger partial charge in [0, 0.05) is 30.9 Å². The first-order chi connectivity index (χ1) is 12.7. The summed E-state index contributed by atoms with van der Waals surface area (Å²) in [7, 11) is 0. The standard InChI is InChI=1S/C19H20F3N3O2/c1-2-25(18(27)19(20,21)22)12-14-4-3-5-16(10-14)24-17(26)15-8-6-13(11-23)7-9-15/h3-10H,2,11-12,23H2,1H3,(H,24,26). The van der Waals surface area contributed by atoms with E-state index >= 15 is 0 Å². The van der Waals surface area contributed by atoms with Crippen molar-refractivity contribution in [2.45, 2.75) is 26.2 Å². The Morgan fingerprint density at radius 2 is 1.74 bits per heavy atom. The molecule has 0 radical (unpaired) electrons. The fourth-order valence-corrected chi connectivity index (χ4v) is 2.47. The molecule has 2 rings (SSSR count). The van der Waals surface area contributed by atoms with E-state index in [0.717, 1.165) is 5.56 Å². The van der Waals surface area contributed by atoms with Crippen molar-refractivity contribution in [2.24, 2.45) is 5.73 Å². The number of nitrogens with one attached hydrogen (secondary N) is 1. The van der Waals surface area contributed by atoms with Gasteiger partial charge in [-0.3, -0.25) is 9.59 Å². The van der Waals surface area contributed by atoms with Crippen molar-refractivity contribution in [2.75, 3.05) is 11.9 Å². The average molecular weight is 379 g/mol. The van der Waals surface area contributed by atoms with Gasteiger partial charge in [0.05, 0.1) is 0 Å². The molecule has 0 aliphatic rings. The van der Waals surface area contributed by atoms with E-state index in [1.165, 1.54) is 6.92 Å². The monoisotopic (exact) mass is 379 g/mol. The van der Waals surface area contributed by atoms with E-state index in [9.17, 15) is 22.8 Å². The molecule has 144 valence electrons. The molecule has 0 saturated heterocycles. The van der Waals surface area contributed by atoms with Crippen molar-refractivity contribution in [3.05, 3.63) is 65.2 Å². The van der Waals surface area contributed by atoms with Gasteiger partial charge < -0.3 is 16.0 Å². The van der Waals surface area contributed by atoms with Crippen molar-refractivity contribution in [1.82, 2.24) is 4.90 Å². The van der Waals surface area contributed by atoms with E-state index in [2.05, 4.69) is 5.32 Å². The number of halogens is 3. The van der Waals surface area contributed by atoms with E-state index in [1.807, 2.05) is 0 Å². The molecule has 2 aromatic carbocycles. The van der Waals surface area contributed by atoms with Crippen LogP contribution in [0.5, 0.6) is 0 Å². The van der Waals surface area contributed by atoms with Crippen LogP contribution in [0.15, 0.2) is 48.5 Å². The highest BCUT2D eigenvalue weighted by molar-refractivity contribution is 6.04. The van der Waals surface area contributed by atoms with E-state index in [-0.39, 0.29) is 19.0 Å². The van der Waals surface area contributed by atoms with E-state index in [1.54, 1.807) is 48.5 Å². The Morgan fingerprint density at radius 3 is 2.30 bits per heavy atom. The second-order valence-corrected chi connectivity index (χ2v) is 5.87. The highest BCUT2D eigenvalue weighted by atomic mass is 19.4. The predicted octanol–water partition coefficient (Wildman–Crippen LogP) is 3.31. The first-order valence-corrected chi connectivity index (χ1v) is 8.30. The van der Waals surface area contributed by atoms with E-state index in [0.29, 0.717) is 28.3 Å². The maximum Gasteiger partial charge on any atom is 0.471 e. The third kappa shape index (κ3) is 5.55. The number of alkyl halides is 3. The van der Waals surface area contributed by atoms with Gasteiger partial charge in [0.15, 0.2) is 0 Å². The molecule has 3 N–H and O–H groups in total. The maximum absolute atomic E-state index is 12.6. The highest BCUT2D eigenvalue weighted by Gasteiger charge is 2.41. The van der Waals surface area contributed by atoms with Gasteiger partial charge in [-0.25, -0.2) is 0 Å². The summed E-state index contributed by atoms with van der Waals surface area (Å²) < 4.78 is 37.9. The number of carbonyl (C=O) groups is 2. The number of hydrogen-bond acceptors (Lipinski definition) is 3. The molecule has 0 aromatic heterocycles. The minimum atomic E-state index is -4.92. The molecule has 0 heterocycles. The molecule has 0 aliphatic carbocycles. The Bertz CT molecular complexity index is 805. The van der Waals surface area contributed by atoms with Crippen LogP contribution in [0.3, 0.4) is 0 Å². The average Bonchev–Trinajstić information content (AvgIpc) is 2.65. The van der Waals surface area contributed by atoms with Crippen LogP contribution in [0.4, 0.5) is 18.9 Å². The number of carbonyl (C=O) groups excluding carboxylic acids is 2. The molecule has 0 atom stereocenters. The Balaban J connectivity index is 2.09. The summed E-state index contributed by atoms with van der Waals surface area (Å²) in [5.41, 5.74) is 7.74. The van der Waals surface area contributed by atoms with Crippen LogP contribution >= 0.6 is 0 Å². The first-order valence-electron chi connectivity index (χ1n) is 8.30. The zero-order chi connectivity index (χ0) is 20.0. The Labute approximate surface area is 155 Å². The van der Waals surface area contributed by atoms with Gasteiger partial charge in [-0.15, -0.1) is 0 Å². The number of anilines is 1. The molecule has 0 unspecified atom stereocenters. The fourth-order valence-electron chi connectivity index (χ4n) is 2.47. The molecule has 0 spiro atoms.